The lowest BCUT2D eigenvalue weighted by Gasteiger charge is -2.09. The fourth-order valence-corrected chi connectivity index (χ4v) is 3.72. The first-order chi connectivity index (χ1) is 10.6. The predicted octanol–water partition coefficient (Wildman–Crippen LogP) is 5.16. The molecule has 0 fully saturated rings. The van der Waals surface area contributed by atoms with Crippen molar-refractivity contribution >= 4 is 33.0 Å². The summed E-state index contributed by atoms with van der Waals surface area (Å²) in [5, 5.41) is 3.49. The van der Waals surface area contributed by atoms with E-state index >= 15 is 0 Å². The molecule has 0 spiro atoms. The van der Waals surface area contributed by atoms with Gasteiger partial charge in [0.15, 0.2) is 0 Å². The number of rotatable bonds is 3. The van der Waals surface area contributed by atoms with E-state index in [4.69, 9.17) is 0 Å². The van der Waals surface area contributed by atoms with Gasteiger partial charge in [-0.25, -0.2) is 4.39 Å². The minimum Gasteiger partial charge on any atom is -0.321 e. The number of amides is 1. The molecule has 0 aliphatic heterocycles. The van der Waals surface area contributed by atoms with E-state index in [-0.39, 0.29) is 11.7 Å². The smallest absolute Gasteiger partial charge is 0.266 e. The predicted molar refractivity (Wildman–Crippen MR) is 90.3 cm³/mol. The van der Waals surface area contributed by atoms with Crippen LogP contribution in [0.3, 0.4) is 0 Å². The van der Waals surface area contributed by atoms with Crippen molar-refractivity contribution in [3.63, 3.8) is 0 Å². The molecule has 0 unspecified atom stereocenters. The first-order valence-corrected chi connectivity index (χ1v) is 8.00. The maximum absolute atomic E-state index is 13.9. The lowest BCUT2D eigenvalue weighted by molar-refractivity contribution is 0.103. The minimum atomic E-state index is -0.278. The summed E-state index contributed by atoms with van der Waals surface area (Å²) in [6.07, 6.45) is 0.844. The molecule has 0 radical (unpaired) electrons. The standard InChI is InChI=1S/C18H16FNOS/c1-3-12-7-4-5-9-14(12)20-18(21)17-11(2)16-13(19)8-6-10-15(16)22-17/h4-10H,3H2,1-2H3,(H,20,21). The Bertz CT molecular complexity index is 853. The fraction of sp³-hybridized carbons (Fsp3) is 0.167. The summed E-state index contributed by atoms with van der Waals surface area (Å²) in [5.74, 6) is -0.460. The Morgan fingerprint density at radius 3 is 2.68 bits per heavy atom. The van der Waals surface area contributed by atoms with Crippen LogP contribution in [0.5, 0.6) is 0 Å². The number of halogens is 1. The largest absolute Gasteiger partial charge is 0.321 e. The van der Waals surface area contributed by atoms with Crippen LogP contribution >= 0.6 is 11.3 Å². The third kappa shape index (κ3) is 2.50. The van der Waals surface area contributed by atoms with Crippen LogP contribution in [-0.2, 0) is 6.42 Å². The van der Waals surface area contributed by atoms with Crippen molar-refractivity contribution in [3.8, 4) is 0 Å². The summed E-state index contributed by atoms with van der Waals surface area (Å²) in [7, 11) is 0. The van der Waals surface area contributed by atoms with E-state index in [2.05, 4.69) is 5.32 Å². The molecule has 4 heteroatoms. The molecule has 1 amide bonds. The number of hydrogen-bond donors (Lipinski definition) is 1. The molecule has 112 valence electrons. The molecule has 3 aromatic rings. The van der Waals surface area contributed by atoms with Gasteiger partial charge >= 0.3 is 0 Å². The zero-order valence-electron chi connectivity index (χ0n) is 12.4. The SMILES string of the molecule is CCc1ccccc1NC(=O)c1sc2cccc(F)c2c1C. The van der Waals surface area contributed by atoms with Gasteiger partial charge in [-0.05, 0) is 42.7 Å². The zero-order chi connectivity index (χ0) is 15.7. The Hall–Kier alpha value is -2.20. The summed E-state index contributed by atoms with van der Waals surface area (Å²) < 4.78 is 14.7. The number of carbonyl (C=O) groups excluding carboxylic acids is 1. The molecule has 0 bridgehead atoms. The van der Waals surface area contributed by atoms with E-state index < -0.39 is 0 Å². The summed E-state index contributed by atoms with van der Waals surface area (Å²) in [5.41, 5.74) is 2.60. The van der Waals surface area contributed by atoms with E-state index in [1.807, 2.05) is 37.3 Å². The van der Waals surface area contributed by atoms with Crippen molar-refractivity contribution < 1.29 is 9.18 Å². The molecule has 2 aromatic carbocycles. The van der Waals surface area contributed by atoms with E-state index in [1.54, 1.807) is 13.0 Å². The van der Waals surface area contributed by atoms with E-state index in [9.17, 15) is 9.18 Å². The van der Waals surface area contributed by atoms with Crippen molar-refractivity contribution in [1.82, 2.24) is 0 Å². The molecule has 3 rings (SSSR count). The molecule has 0 atom stereocenters. The zero-order valence-corrected chi connectivity index (χ0v) is 13.3. The van der Waals surface area contributed by atoms with Gasteiger partial charge < -0.3 is 5.32 Å². The van der Waals surface area contributed by atoms with Crippen LogP contribution in [0, 0.1) is 12.7 Å². The molecule has 1 heterocycles. The van der Waals surface area contributed by atoms with Gasteiger partial charge in [0, 0.05) is 15.8 Å². The van der Waals surface area contributed by atoms with Crippen LogP contribution in [0.25, 0.3) is 10.1 Å². The number of thiophene rings is 1. The highest BCUT2D eigenvalue weighted by Gasteiger charge is 2.18. The summed E-state index contributed by atoms with van der Waals surface area (Å²) in [6, 6.07) is 12.7. The Balaban J connectivity index is 1.99. The molecule has 1 N–H and O–H groups in total. The molecule has 2 nitrogen and oxygen atoms in total. The third-order valence-electron chi connectivity index (χ3n) is 3.76. The Morgan fingerprint density at radius 2 is 1.95 bits per heavy atom. The second kappa shape index (κ2) is 5.89. The van der Waals surface area contributed by atoms with Crippen LogP contribution in [-0.4, -0.2) is 5.91 Å². The van der Waals surface area contributed by atoms with E-state index in [1.165, 1.54) is 17.4 Å². The summed E-state index contributed by atoms with van der Waals surface area (Å²) >= 11 is 1.33. The highest BCUT2D eigenvalue weighted by molar-refractivity contribution is 7.21. The molecular formula is C18H16FNOS. The molecule has 0 aliphatic rings. The van der Waals surface area contributed by atoms with Crippen molar-refractivity contribution in [3.05, 3.63) is 64.3 Å². The number of nitrogens with one attached hydrogen (secondary N) is 1. The van der Waals surface area contributed by atoms with Gasteiger partial charge in [-0.2, -0.15) is 0 Å². The van der Waals surface area contributed by atoms with Crippen molar-refractivity contribution in [2.24, 2.45) is 0 Å². The number of hydrogen-bond acceptors (Lipinski definition) is 2. The summed E-state index contributed by atoms with van der Waals surface area (Å²) in [6.45, 7) is 3.84. The number of fused-ring (bicyclic) bond motifs is 1. The van der Waals surface area contributed by atoms with Crippen LogP contribution in [0.4, 0.5) is 10.1 Å². The number of benzene rings is 2. The molecule has 22 heavy (non-hydrogen) atoms. The highest BCUT2D eigenvalue weighted by atomic mass is 32.1. The van der Waals surface area contributed by atoms with Crippen molar-refractivity contribution in [2.45, 2.75) is 20.3 Å². The number of anilines is 1. The first-order valence-electron chi connectivity index (χ1n) is 7.18. The van der Waals surface area contributed by atoms with E-state index in [0.717, 1.165) is 22.4 Å². The fourth-order valence-electron chi connectivity index (χ4n) is 2.60. The molecule has 0 aliphatic carbocycles. The van der Waals surface area contributed by atoms with Gasteiger partial charge in [0.2, 0.25) is 0 Å². The lowest BCUT2D eigenvalue weighted by atomic mass is 10.1. The van der Waals surface area contributed by atoms with Crippen LogP contribution in [0.15, 0.2) is 42.5 Å². The lowest BCUT2D eigenvalue weighted by Crippen LogP contribution is -2.12. The number of carbonyl (C=O) groups is 1. The highest BCUT2D eigenvalue weighted by Crippen LogP contribution is 2.33. The molecule has 0 saturated heterocycles. The van der Waals surface area contributed by atoms with Crippen LogP contribution in [0.1, 0.15) is 27.7 Å². The van der Waals surface area contributed by atoms with Crippen molar-refractivity contribution in [1.29, 1.82) is 0 Å². The van der Waals surface area contributed by atoms with Gasteiger partial charge in [-0.3, -0.25) is 4.79 Å². The van der Waals surface area contributed by atoms with Gasteiger partial charge in [-0.15, -0.1) is 11.3 Å². The second-order valence-corrected chi connectivity index (χ2v) is 6.19. The topological polar surface area (TPSA) is 29.1 Å². The average Bonchev–Trinajstić information content (AvgIpc) is 2.86. The van der Waals surface area contributed by atoms with Crippen molar-refractivity contribution in [2.75, 3.05) is 5.32 Å². The number of para-hydroxylation sites is 1. The van der Waals surface area contributed by atoms with Crippen LogP contribution in [0.2, 0.25) is 0 Å². The van der Waals surface area contributed by atoms with Gasteiger partial charge in [0.1, 0.15) is 5.82 Å². The minimum absolute atomic E-state index is 0.181. The Morgan fingerprint density at radius 1 is 1.18 bits per heavy atom. The van der Waals surface area contributed by atoms with Gasteiger partial charge in [-0.1, -0.05) is 31.2 Å². The van der Waals surface area contributed by atoms with Crippen LogP contribution < -0.4 is 5.32 Å². The molecule has 0 saturated carbocycles. The maximum Gasteiger partial charge on any atom is 0.266 e. The maximum atomic E-state index is 13.9. The first kappa shape index (κ1) is 14.7. The van der Waals surface area contributed by atoms with Gasteiger partial charge in [0.25, 0.3) is 5.91 Å². The monoisotopic (exact) mass is 313 g/mol. The number of aryl methyl sites for hydroxylation is 2. The normalized spacial score (nSPS) is 10.9. The Labute approximate surface area is 132 Å². The van der Waals surface area contributed by atoms with E-state index in [0.29, 0.717) is 15.8 Å². The summed E-state index contributed by atoms with van der Waals surface area (Å²) in [4.78, 5) is 13.1. The third-order valence-corrected chi connectivity index (χ3v) is 5.01. The second-order valence-electron chi connectivity index (χ2n) is 5.13. The average molecular weight is 313 g/mol. The Kier molecular flexibility index (Phi) is 3.94. The molecule has 1 aromatic heterocycles. The quantitative estimate of drug-likeness (QED) is 0.710. The van der Waals surface area contributed by atoms with Gasteiger partial charge in [0.05, 0.1) is 4.88 Å². The molecular weight excluding hydrogens is 297 g/mol.